The highest BCUT2D eigenvalue weighted by Crippen LogP contribution is 2.28. The van der Waals surface area contributed by atoms with E-state index in [1.54, 1.807) is 22.7 Å². The maximum atomic E-state index is 12.5. The number of thioether (sulfide) groups is 1. The number of ether oxygens (including phenoxy) is 1. The Labute approximate surface area is 192 Å². The molecule has 160 valence electrons. The Kier molecular flexibility index (Phi) is 5.42. The second-order valence-corrected chi connectivity index (χ2v) is 8.26. The van der Waals surface area contributed by atoms with Gasteiger partial charge in [0.1, 0.15) is 11.3 Å². The fourth-order valence-corrected chi connectivity index (χ4v) is 4.22. The fourth-order valence-electron chi connectivity index (χ4n) is 3.33. The van der Waals surface area contributed by atoms with Gasteiger partial charge in [0.25, 0.3) is 0 Å². The van der Waals surface area contributed by atoms with Crippen LogP contribution >= 0.6 is 23.4 Å². The molecule has 1 amide bonds. The van der Waals surface area contributed by atoms with Crippen LogP contribution in [0.15, 0.2) is 72.1 Å². The van der Waals surface area contributed by atoms with Crippen LogP contribution in [0.5, 0.6) is 5.75 Å². The monoisotopic (exact) mass is 464 g/mol. The highest BCUT2D eigenvalue weighted by molar-refractivity contribution is 7.99. The zero-order valence-electron chi connectivity index (χ0n) is 16.9. The van der Waals surface area contributed by atoms with E-state index in [9.17, 15) is 4.79 Å². The summed E-state index contributed by atoms with van der Waals surface area (Å²) in [6, 6.07) is 17.0. The topological polar surface area (TPSA) is 85.8 Å². The molecule has 0 saturated heterocycles. The van der Waals surface area contributed by atoms with Crippen molar-refractivity contribution in [3.63, 3.8) is 0 Å². The normalized spacial score (nSPS) is 11.2. The van der Waals surface area contributed by atoms with Gasteiger partial charge in [0.15, 0.2) is 10.8 Å². The Morgan fingerprint density at radius 2 is 1.97 bits per heavy atom. The smallest absolute Gasteiger partial charge is 0.234 e. The number of rotatable bonds is 6. The molecule has 10 heteroatoms. The molecule has 3 heterocycles. The van der Waals surface area contributed by atoms with Gasteiger partial charge in [-0.25, -0.2) is 4.52 Å². The molecule has 5 aromatic rings. The standard InChI is InChI=1S/C22H17ClN6O2S/c1-31-19-8-7-15(23)11-17(19)24-20(30)13-32-22-26-25-21-18-12-16(14-5-3-2-4-6-14)27-29(18)10-9-28(21)22/h2-12H,13H2,1H3,(H,24,30). The van der Waals surface area contributed by atoms with Crippen LogP contribution in [0.1, 0.15) is 0 Å². The molecule has 5 rings (SSSR count). The van der Waals surface area contributed by atoms with Gasteiger partial charge in [0.2, 0.25) is 5.91 Å². The second-order valence-electron chi connectivity index (χ2n) is 6.88. The lowest BCUT2D eigenvalue weighted by Crippen LogP contribution is -2.15. The number of benzene rings is 2. The van der Waals surface area contributed by atoms with Crippen molar-refractivity contribution in [2.75, 3.05) is 18.2 Å². The first-order valence-electron chi connectivity index (χ1n) is 9.67. The van der Waals surface area contributed by atoms with Gasteiger partial charge in [0, 0.05) is 23.0 Å². The number of carbonyl (C=O) groups is 1. The number of carbonyl (C=O) groups excluding carboxylic acids is 1. The molecule has 2 aromatic carbocycles. The molecule has 0 aliphatic heterocycles. The molecule has 8 nitrogen and oxygen atoms in total. The largest absolute Gasteiger partial charge is 0.495 e. The van der Waals surface area contributed by atoms with Crippen LogP contribution < -0.4 is 10.1 Å². The highest BCUT2D eigenvalue weighted by atomic mass is 35.5. The SMILES string of the molecule is COc1ccc(Cl)cc1NC(=O)CSc1nnc2c3cc(-c4ccccc4)nn3ccn12. The first-order chi connectivity index (χ1) is 15.6. The summed E-state index contributed by atoms with van der Waals surface area (Å²) < 4.78 is 8.90. The molecule has 0 unspecified atom stereocenters. The van der Waals surface area contributed by atoms with E-state index in [0.29, 0.717) is 27.3 Å². The zero-order chi connectivity index (χ0) is 22.1. The van der Waals surface area contributed by atoms with Crippen molar-refractivity contribution in [3.05, 3.63) is 72.0 Å². The third kappa shape index (κ3) is 3.88. The summed E-state index contributed by atoms with van der Waals surface area (Å²) in [4.78, 5) is 12.5. The molecule has 32 heavy (non-hydrogen) atoms. The van der Waals surface area contributed by atoms with E-state index in [0.717, 1.165) is 16.8 Å². The van der Waals surface area contributed by atoms with E-state index in [-0.39, 0.29) is 11.7 Å². The number of anilines is 1. The van der Waals surface area contributed by atoms with Crippen LogP contribution in [-0.2, 0) is 4.79 Å². The lowest BCUT2D eigenvalue weighted by Gasteiger charge is -2.10. The minimum Gasteiger partial charge on any atom is -0.495 e. The summed E-state index contributed by atoms with van der Waals surface area (Å²) in [5.74, 6) is 0.484. The van der Waals surface area contributed by atoms with E-state index in [2.05, 4.69) is 20.6 Å². The predicted molar refractivity (Wildman–Crippen MR) is 125 cm³/mol. The number of aromatic nitrogens is 5. The van der Waals surface area contributed by atoms with Crippen LogP contribution in [0.2, 0.25) is 5.02 Å². The second kappa shape index (κ2) is 8.52. The van der Waals surface area contributed by atoms with Crippen molar-refractivity contribution >= 4 is 46.1 Å². The summed E-state index contributed by atoms with van der Waals surface area (Å²) in [5.41, 5.74) is 3.90. The molecular formula is C22H17ClN6O2S. The maximum absolute atomic E-state index is 12.5. The van der Waals surface area contributed by atoms with Crippen LogP contribution in [0.25, 0.3) is 22.4 Å². The molecular weight excluding hydrogens is 448 g/mol. The number of halogens is 1. The average molecular weight is 465 g/mol. The zero-order valence-corrected chi connectivity index (χ0v) is 18.5. The Hall–Kier alpha value is -3.56. The Morgan fingerprint density at radius 1 is 1.12 bits per heavy atom. The molecule has 0 radical (unpaired) electrons. The fraction of sp³-hybridized carbons (Fsp3) is 0.0909. The minimum atomic E-state index is -0.205. The number of hydrogen-bond donors (Lipinski definition) is 1. The number of amides is 1. The molecule has 0 bridgehead atoms. The van der Waals surface area contributed by atoms with Gasteiger partial charge in [-0.1, -0.05) is 53.7 Å². The van der Waals surface area contributed by atoms with Gasteiger partial charge in [-0.2, -0.15) is 5.10 Å². The summed E-state index contributed by atoms with van der Waals surface area (Å²) in [6.45, 7) is 0. The lowest BCUT2D eigenvalue weighted by atomic mass is 10.1. The Bertz CT molecular complexity index is 1430. The van der Waals surface area contributed by atoms with Crippen molar-refractivity contribution in [1.29, 1.82) is 0 Å². The summed E-state index contributed by atoms with van der Waals surface area (Å²) in [7, 11) is 1.54. The van der Waals surface area contributed by atoms with Crippen molar-refractivity contribution in [3.8, 4) is 17.0 Å². The molecule has 0 saturated carbocycles. The van der Waals surface area contributed by atoms with Crippen molar-refractivity contribution in [2.45, 2.75) is 5.16 Å². The number of nitrogens with one attached hydrogen (secondary N) is 1. The number of nitrogens with zero attached hydrogens (tertiary/aromatic N) is 5. The number of fused-ring (bicyclic) bond motifs is 3. The van der Waals surface area contributed by atoms with Gasteiger partial charge < -0.3 is 10.1 Å². The van der Waals surface area contributed by atoms with Crippen molar-refractivity contribution in [2.24, 2.45) is 0 Å². The van der Waals surface area contributed by atoms with E-state index < -0.39 is 0 Å². The Balaban J connectivity index is 1.36. The summed E-state index contributed by atoms with van der Waals surface area (Å²) in [5, 5.41) is 17.2. The number of hydrogen-bond acceptors (Lipinski definition) is 6. The van der Waals surface area contributed by atoms with Crippen LogP contribution in [0.3, 0.4) is 0 Å². The summed E-state index contributed by atoms with van der Waals surface area (Å²) in [6.07, 6.45) is 3.68. The van der Waals surface area contributed by atoms with Crippen LogP contribution in [0, 0.1) is 0 Å². The molecule has 0 aliphatic rings. The maximum Gasteiger partial charge on any atom is 0.234 e. The van der Waals surface area contributed by atoms with Gasteiger partial charge in [-0.15, -0.1) is 10.2 Å². The van der Waals surface area contributed by atoms with E-state index >= 15 is 0 Å². The lowest BCUT2D eigenvalue weighted by molar-refractivity contribution is -0.113. The average Bonchev–Trinajstić information content (AvgIpc) is 3.42. The molecule has 0 fully saturated rings. The molecule has 3 aromatic heterocycles. The van der Waals surface area contributed by atoms with E-state index in [1.165, 1.54) is 18.9 Å². The first kappa shape index (κ1) is 20.3. The molecule has 1 N–H and O–H groups in total. The third-order valence-electron chi connectivity index (χ3n) is 4.82. The van der Waals surface area contributed by atoms with Gasteiger partial charge >= 0.3 is 0 Å². The number of methoxy groups -OCH3 is 1. The molecule has 0 atom stereocenters. The van der Waals surface area contributed by atoms with Crippen LogP contribution in [-0.4, -0.2) is 43.0 Å². The predicted octanol–water partition coefficient (Wildman–Crippen LogP) is 4.44. The minimum absolute atomic E-state index is 0.149. The van der Waals surface area contributed by atoms with E-state index in [1.807, 2.05) is 53.2 Å². The van der Waals surface area contributed by atoms with E-state index in [4.69, 9.17) is 16.3 Å². The van der Waals surface area contributed by atoms with Crippen LogP contribution in [0.4, 0.5) is 5.69 Å². The van der Waals surface area contributed by atoms with Gasteiger partial charge in [-0.05, 0) is 24.3 Å². The third-order valence-corrected chi connectivity index (χ3v) is 6.00. The quantitative estimate of drug-likeness (QED) is 0.374. The van der Waals surface area contributed by atoms with Gasteiger partial charge in [-0.3, -0.25) is 9.20 Å². The Morgan fingerprint density at radius 3 is 2.78 bits per heavy atom. The van der Waals surface area contributed by atoms with Crippen molar-refractivity contribution in [1.82, 2.24) is 24.2 Å². The highest BCUT2D eigenvalue weighted by Gasteiger charge is 2.15. The summed E-state index contributed by atoms with van der Waals surface area (Å²) >= 11 is 7.32. The van der Waals surface area contributed by atoms with Crippen molar-refractivity contribution < 1.29 is 9.53 Å². The first-order valence-corrected chi connectivity index (χ1v) is 11.0. The molecule has 0 aliphatic carbocycles. The molecule has 0 spiro atoms. The van der Waals surface area contributed by atoms with Gasteiger partial charge in [0.05, 0.1) is 24.2 Å².